The molecule has 0 unspecified atom stereocenters. The Morgan fingerprint density at radius 3 is 2.95 bits per heavy atom. The Balaban J connectivity index is 1.62. The highest BCUT2D eigenvalue weighted by Gasteiger charge is 2.32. The van der Waals surface area contributed by atoms with Crippen LogP contribution in [0.15, 0.2) is 24.4 Å². The molecule has 0 saturated carbocycles. The zero-order valence-corrected chi connectivity index (χ0v) is 12.7. The highest BCUT2D eigenvalue weighted by atomic mass is 32.1. The van der Waals surface area contributed by atoms with Gasteiger partial charge in [-0.15, -0.1) is 0 Å². The lowest BCUT2D eigenvalue weighted by Gasteiger charge is -2.26. The number of aromatic nitrogens is 2. The van der Waals surface area contributed by atoms with Crippen LogP contribution < -0.4 is 9.47 Å². The van der Waals surface area contributed by atoms with Crippen molar-refractivity contribution in [3.63, 3.8) is 0 Å². The molecule has 114 valence electrons. The van der Waals surface area contributed by atoms with Crippen LogP contribution in [0.4, 0.5) is 0 Å². The molecule has 1 aromatic carbocycles. The van der Waals surface area contributed by atoms with Crippen LogP contribution in [0.1, 0.15) is 34.9 Å². The maximum absolute atomic E-state index is 12.6. The van der Waals surface area contributed by atoms with Crippen molar-refractivity contribution in [2.45, 2.75) is 18.9 Å². The molecule has 2 aliphatic heterocycles. The molecular formula is C15H15N3O3S. The summed E-state index contributed by atoms with van der Waals surface area (Å²) in [4.78, 5) is 14.4. The van der Waals surface area contributed by atoms with Crippen molar-refractivity contribution < 1.29 is 14.3 Å². The minimum absolute atomic E-state index is 0.0499. The van der Waals surface area contributed by atoms with E-state index in [1.807, 2.05) is 23.1 Å². The van der Waals surface area contributed by atoms with E-state index in [0.29, 0.717) is 18.9 Å². The lowest BCUT2D eigenvalue weighted by Crippen LogP contribution is -2.30. The molecule has 0 N–H and O–H groups in total. The van der Waals surface area contributed by atoms with Gasteiger partial charge in [-0.05, 0) is 30.5 Å². The second-order valence-electron chi connectivity index (χ2n) is 5.35. The maximum atomic E-state index is 12.6. The van der Waals surface area contributed by atoms with Crippen LogP contribution in [0, 0.1) is 0 Å². The predicted octanol–water partition coefficient (Wildman–Crippen LogP) is 2.29. The number of likely N-dealkylation sites (tertiary alicyclic amines) is 1. The lowest BCUT2D eigenvalue weighted by atomic mass is 10.0. The summed E-state index contributed by atoms with van der Waals surface area (Å²) in [5.41, 5.74) is 1.51. The summed E-state index contributed by atoms with van der Waals surface area (Å²) in [6.07, 6.45) is 3.47. The zero-order valence-electron chi connectivity index (χ0n) is 11.9. The van der Waals surface area contributed by atoms with E-state index >= 15 is 0 Å². The number of nitrogens with zero attached hydrogens (tertiary/aromatic N) is 3. The minimum atomic E-state index is -0.0499. The van der Waals surface area contributed by atoms with Crippen molar-refractivity contribution in [2.24, 2.45) is 0 Å². The Kier molecular flexibility index (Phi) is 3.42. The molecule has 4 rings (SSSR count). The summed E-state index contributed by atoms with van der Waals surface area (Å²) in [6, 6.07) is 5.99. The van der Waals surface area contributed by atoms with Gasteiger partial charge in [0.05, 0.1) is 24.0 Å². The Morgan fingerprint density at radius 2 is 2.14 bits per heavy atom. The van der Waals surface area contributed by atoms with Gasteiger partial charge in [-0.2, -0.15) is 8.75 Å². The largest absolute Gasteiger partial charge is 0.486 e. The Hall–Kier alpha value is -2.15. The van der Waals surface area contributed by atoms with Gasteiger partial charge in [0.25, 0.3) is 5.91 Å². The molecule has 1 aromatic heterocycles. The summed E-state index contributed by atoms with van der Waals surface area (Å²) in [6.45, 7) is 1.89. The van der Waals surface area contributed by atoms with E-state index in [0.717, 1.165) is 48.2 Å². The topological polar surface area (TPSA) is 64.6 Å². The van der Waals surface area contributed by atoms with E-state index in [4.69, 9.17) is 9.47 Å². The number of ether oxygens (including phenoxy) is 2. The van der Waals surface area contributed by atoms with Gasteiger partial charge in [0.1, 0.15) is 13.2 Å². The highest BCUT2D eigenvalue weighted by molar-refractivity contribution is 6.99. The van der Waals surface area contributed by atoms with E-state index in [1.165, 1.54) is 6.20 Å². The normalized spacial score (nSPS) is 20.2. The summed E-state index contributed by atoms with van der Waals surface area (Å²) in [7, 11) is 0. The monoisotopic (exact) mass is 317 g/mol. The zero-order chi connectivity index (χ0) is 14.9. The average Bonchev–Trinajstić information content (AvgIpc) is 3.25. The maximum Gasteiger partial charge on any atom is 0.275 e. The number of amides is 1. The first kappa shape index (κ1) is 13.5. The van der Waals surface area contributed by atoms with Crippen LogP contribution in [-0.2, 0) is 0 Å². The van der Waals surface area contributed by atoms with Gasteiger partial charge in [0.2, 0.25) is 0 Å². The van der Waals surface area contributed by atoms with Gasteiger partial charge < -0.3 is 14.4 Å². The van der Waals surface area contributed by atoms with Crippen LogP contribution in [0.25, 0.3) is 0 Å². The van der Waals surface area contributed by atoms with E-state index in [2.05, 4.69) is 8.75 Å². The van der Waals surface area contributed by atoms with Crippen molar-refractivity contribution in [3.05, 3.63) is 35.7 Å². The van der Waals surface area contributed by atoms with Crippen molar-refractivity contribution in [1.29, 1.82) is 0 Å². The molecule has 2 aliphatic rings. The highest BCUT2D eigenvalue weighted by Crippen LogP contribution is 2.38. The van der Waals surface area contributed by atoms with Gasteiger partial charge in [-0.25, -0.2) is 0 Å². The number of carbonyl (C=O) groups is 1. The molecule has 7 heteroatoms. The number of hydrogen-bond acceptors (Lipinski definition) is 6. The van der Waals surface area contributed by atoms with E-state index in [1.54, 1.807) is 0 Å². The third-order valence-corrected chi connectivity index (χ3v) is 4.52. The fourth-order valence-corrected chi connectivity index (χ4v) is 3.44. The fourth-order valence-electron chi connectivity index (χ4n) is 3.03. The number of carbonyl (C=O) groups excluding carboxylic acids is 1. The second-order valence-corrected chi connectivity index (χ2v) is 5.91. The molecule has 1 saturated heterocycles. The van der Waals surface area contributed by atoms with Crippen LogP contribution in [0.3, 0.4) is 0 Å². The molecule has 22 heavy (non-hydrogen) atoms. The number of rotatable bonds is 2. The van der Waals surface area contributed by atoms with Gasteiger partial charge in [0, 0.05) is 6.54 Å². The minimum Gasteiger partial charge on any atom is -0.486 e. The average molecular weight is 317 g/mol. The molecule has 1 atom stereocenters. The van der Waals surface area contributed by atoms with E-state index in [9.17, 15) is 4.79 Å². The summed E-state index contributed by atoms with van der Waals surface area (Å²) < 4.78 is 19.2. The summed E-state index contributed by atoms with van der Waals surface area (Å²) in [5, 5.41) is 0. The van der Waals surface area contributed by atoms with Crippen molar-refractivity contribution >= 4 is 17.6 Å². The number of hydrogen-bond donors (Lipinski definition) is 0. The first-order valence-corrected chi connectivity index (χ1v) is 8.04. The van der Waals surface area contributed by atoms with Crippen molar-refractivity contribution in [2.75, 3.05) is 19.8 Å². The van der Waals surface area contributed by atoms with Gasteiger partial charge in [-0.1, -0.05) is 6.07 Å². The SMILES string of the molecule is O=C(c1cnsn1)N1CCC[C@@H]1c1ccc2c(c1)OCCO2. The standard InChI is InChI=1S/C15H15N3O3S/c19-15(11-9-16-22-17-11)18-5-1-2-12(18)10-3-4-13-14(8-10)21-7-6-20-13/h3-4,8-9,12H,1-2,5-7H2/t12-/m1/s1. The third-order valence-electron chi connectivity index (χ3n) is 4.05. The molecule has 0 spiro atoms. The Morgan fingerprint density at radius 1 is 1.27 bits per heavy atom. The quantitative estimate of drug-likeness (QED) is 0.850. The molecule has 2 aromatic rings. The molecule has 0 bridgehead atoms. The van der Waals surface area contributed by atoms with Gasteiger partial charge in [-0.3, -0.25) is 4.79 Å². The fraction of sp³-hybridized carbons (Fsp3) is 0.400. The number of benzene rings is 1. The number of fused-ring (bicyclic) bond motifs is 1. The van der Waals surface area contributed by atoms with E-state index < -0.39 is 0 Å². The summed E-state index contributed by atoms with van der Waals surface area (Å²) in [5.74, 6) is 1.49. The molecular weight excluding hydrogens is 302 g/mol. The Labute approximate surface area is 132 Å². The predicted molar refractivity (Wildman–Crippen MR) is 80.4 cm³/mol. The lowest BCUT2D eigenvalue weighted by molar-refractivity contribution is 0.0730. The van der Waals surface area contributed by atoms with E-state index in [-0.39, 0.29) is 11.9 Å². The molecule has 0 aliphatic carbocycles. The molecule has 6 nitrogen and oxygen atoms in total. The molecule has 3 heterocycles. The van der Waals surface area contributed by atoms with Crippen LogP contribution in [0.5, 0.6) is 11.5 Å². The van der Waals surface area contributed by atoms with Crippen LogP contribution in [0.2, 0.25) is 0 Å². The van der Waals surface area contributed by atoms with Crippen LogP contribution >= 0.6 is 11.7 Å². The Bertz CT molecular complexity index is 689. The van der Waals surface area contributed by atoms with Crippen molar-refractivity contribution in [3.8, 4) is 11.5 Å². The molecule has 1 fully saturated rings. The van der Waals surface area contributed by atoms with Crippen LogP contribution in [-0.4, -0.2) is 39.3 Å². The molecule has 1 amide bonds. The molecule has 0 radical (unpaired) electrons. The van der Waals surface area contributed by atoms with Crippen molar-refractivity contribution in [1.82, 2.24) is 13.6 Å². The first-order valence-electron chi connectivity index (χ1n) is 7.31. The summed E-state index contributed by atoms with van der Waals surface area (Å²) >= 11 is 1.06. The third kappa shape index (κ3) is 2.31. The van der Waals surface area contributed by atoms with Gasteiger partial charge in [0.15, 0.2) is 17.2 Å². The second kappa shape index (κ2) is 5.57. The smallest absolute Gasteiger partial charge is 0.275 e. The van der Waals surface area contributed by atoms with Gasteiger partial charge >= 0.3 is 0 Å². The first-order chi connectivity index (χ1) is 10.8.